The molecule has 2 nitrogen and oxygen atoms in total. The van der Waals surface area contributed by atoms with Crippen LogP contribution in [0.5, 0.6) is 0 Å². The van der Waals surface area contributed by atoms with Crippen molar-refractivity contribution in [1.29, 1.82) is 0 Å². The molecule has 1 saturated heterocycles. The molecule has 0 amide bonds. The molecule has 0 aromatic heterocycles. The van der Waals surface area contributed by atoms with Gasteiger partial charge in [-0.25, -0.2) is 0 Å². The molecular weight excluding hydrogens is 188 g/mol. The molecule has 0 radical (unpaired) electrons. The van der Waals surface area contributed by atoms with Crippen LogP contribution in [0.4, 0.5) is 0 Å². The zero-order valence-corrected chi connectivity index (χ0v) is 9.59. The monoisotopic (exact) mass is 210 g/mol. The topological polar surface area (TPSA) is 29.6 Å². The normalized spacial score (nSPS) is 28.1. The fourth-order valence-electron chi connectivity index (χ4n) is 2.53. The van der Waals surface area contributed by atoms with Gasteiger partial charge in [0.1, 0.15) is 5.78 Å². The number of ether oxygens (including phenoxy) is 1. The first-order chi connectivity index (χ1) is 7.31. The number of carbonyl (C=O) groups excluding carboxylic acids is 1. The van der Waals surface area contributed by atoms with Gasteiger partial charge in [-0.2, -0.15) is 0 Å². The highest BCUT2D eigenvalue weighted by Gasteiger charge is 2.44. The van der Waals surface area contributed by atoms with Crippen molar-refractivity contribution in [3.63, 3.8) is 0 Å². The van der Waals surface area contributed by atoms with Gasteiger partial charge in [-0.15, -0.1) is 0 Å². The van der Waals surface area contributed by atoms with Crippen LogP contribution in [0.1, 0.15) is 64.2 Å². The molecule has 3 fully saturated rings. The van der Waals surface area contributed by atoms with Gasteiger partial charge >= 0.3 is 0 Å². The number of epoxide rings is 1. The van der Waals surface area contributed by atoms with Crippen molar-refractivity contribution < 1.29 is 9.53 Å². The molecule has 0 atom stereocenters. The number of hydrogen-bond donors (Lipinski definition) is 0. The fraction of sp³-hybridized carbons (Fsp3) is 0.923. The lowest BCUT2D eigenvalue weighted by molar-refractivity contribution is -0.120. The summed E-state index contributed by atoms with van der Waals surface area (Å²) in [4.78, 5) is 10.5. The maximum absolute atomic E-state index is 10.5. The van der Waals surface area contributed by atoms with Crippen LogP contribution in [0, 0.1) is 0 Å². The first-order valence-electron chi connectivity index (χ1n) is 6.46. The van der Waals surface area contributed by atoms with Crippen molar-refractivity contribution in [2.75, 3.05) is 6.61 Å². The van der Waals surface area contributed by atoms with E-state index in [1.165, 1.54) is 38.5 Å². The third-order valence-corrected chi connectivity index (χ3v) is 3.73. The largest absolute Gasteiger partial charge is 0.370 e. The molecule has 3 aliphatic rings. The van der Waals surface area contributed by atoms with E-state index in [1.807, 2.05) is 0 Å². The maximum Gasteiger partial charge on any atom is 0.132 e. The average Bonchev–Trinajstić information content (AvgIpc) is 3.01. The first-order valence-corrected chi connectivity index (χ1v) is 6.46. The minimum absolute atomic E-state index is 0.429. The second kappa shape index (κ2) is 5.11. The summed E-state index contributed by atoms with van der Waals surface area (Å²) >= 11 is 0. The fourth-order valence-corrected chi connectivity index (χ4v) is 2.53. The molecule has 0 bridgehead atoms. The number of Topliss-reactive ketones (excluding diaryl/α,β-unsaturated/α-hetero) is 1. The highest BCUT2D eigenvalue weighted by Crippen LogP contribution is 2.41. The van der Waals surface area contributed by atoms with Gasteiger partial charge in [0.15, 0.2) is 0 Å². The predicted octanol–water partition coefficient (Wildman–Crippen LogP) is 3.24. The summed E-state index contributed by atoms with van der Waals surface area (Å²) in [6, 6.07) is 0. The first kappa shape index (κ1) is 11.1. The third kappa shape index (κ3) is 3.60. The van der Waals surface area contributed by atoms with Gasteiger partial charge in [0.25, 0.3) is 0 Å². The molecule has 0 aromatic rings. The van der Waals surface area contributed by atoms with Gasteiger partial charge in [0, 0.05) is 12.8 Å². The van der Waals surface area contributed by atoms with Crippen LogP contribution in [-0.4, -0.2) is 18.0 Å². The van der Waals surface area contributed by atoms with Crippen LogP contribution >= 0.6 is 0 Å². The molecule has 2 aliphatic carbocycles. The Bertz CT molecular complexity index is 203. The predicted molar refractivity (Wildman–Crippen MR) is 59.9 cm³/mol. The van der Waals surface area contributed by atoms with Gasteiger partial charge in [0.2, 0.25) is 0 Å². The van der Waals surface area contributed by atoms with E-state index in [9.17, 15) is 4.79 Å². The molecule has 86 valence electrons. The molecule has 1 aliphatic heterocycles. The highest BCUT2D eigenvalue weighted by atomic mass is 16.6. The van der Waals surface area contributed by atoms with Crippen molar-refractivity contribution in [2.45, 2.75) is 69.8 Å². The van der Waals surface area contributed by atoms with Crippen molar-refractivity contribution in [3.05, 3.63) is 0 Å². The minimum Gasteiger partial charge on any atom is -0.370 e. The van der Waals surface area contributed by atoms with Crippen molar-refractivity contribution in [3.8, 4) is 0 Å². The van der Waals surface area contributed by atoms with Crippen molar-refractivity contribution in [2.24, 2.45) is 0 Å². The lowest BCUT2D eigenvalue weighted by atomic mass is 9.90. The summed E-state index contributed by atoms with van der Waals surface area (Å²) in [7, 11) is 0. The molecule has 3 rings (SSSR count). The maximum atomic E-state index is 10.5. The molecule has 1 heterocycles. The second-order valence-corrected chi connectivity index (χ2v) is 5.13. The molecule has 1 spiro atoms. The molecular formula is C13H22O2. The Morgan fingerprint density at radius 3 is 1.73 bits per heavy atom. The van der Waals surface area contributed by atoms with E-state index < -0.39 is 0 Å². The van der Waals surface area contributed by atoms with Gasteiger partial charge < -0.3 is 4.74 Å². The third-order valence-electron chi connectivity index (χ3n) is 3.73. The summed E-state index contributed by atoms with van der Waals surface area (Å²) in [6.45, 7) is 1.06. The summed E-state index contributed by atoms with van der Waals surface area (Å²) in [5.74, 6) is 0.464. The van der Waals surface area contributed by atoms with Crippen molar-refractivity contribution >= 4 is 5.78 Å². The Hall–Kier alpha value is -0.370. The number of rotatable bonds is 0. The summed E-state index contributed by atoms with van der Waals surface area (Å²) in [6.07, 6.45) is 12.2. The Morgan fingerprint density at radius 2 is 1.40 bits per heavy atom. The van der Waals surface area contributed by atoms with Crippen LogP contribution in [0.2, 0.25) is 0 Å². The van der Waals surface area contributed by atoms with Gasteiger partial charge in [-0.05, 0) is 25.7 Å². The van der Waals surface area contributed by atoms with Crippen LogP contribution in [-0.2, 0) is 9.53 Å². The van der Waals surface area contributed by atoms with E-state index in [0.717, 1.165) is 32.3 Å². The number of hydrogen-bond acceptors (Lipinski definition) is 2. The van der Waals surface area contributed by atoms with Gasteiger partial charge in [-0.1, -0.05) is 25.7 Å². The lowest BCUT2D eigenvalue weighted by Gasteiger charge is -2.16. The Labute approximate surface area is 92.4 Å². The average molecular weight is 210 g/mol. The lowest BCUT2D eigenvalue weighted by Crippen LogP contribution is -2.14. The summed E-state index contributed by atoms with van der Waals surface area (Å²) < 4.78 is 5.34. The zero-order chi connectivity index (χ0) is 10.6. The Balaban J connectivity index is 0.000000115. The van der Waals surface area contributed by atoms with E-state index in [-0.39, 0.29) is 0 Å². The Kier molecular flexibility index (Phi) is 3.79. The van der Waals surface area contributed by atoms with Gasteiger partial charge in [-0.3, -0.25) is 4.79 Å². The van der Waals surface area contributed by atoms with E-state index in [4.69, 9.17) is 4.74 Å². The minimum atomic E-state index is 0.429. The molecule has 0 N–H and O–H groups in total. The van der Waals surface area contributed by atoms with E-state index in [1.54, 1.807) is 0 Å². The quantitative estimate of drug-likeness (QED) is 0.574. The van der Waals surface area contributed by atoms with E-state index in [0.29, 0.717) is 11.4 Å². The smallest absolute Gasteiger partial charge is 0.132 e. The summed E-state index contributed by atoms with van der Waals surface area (Å²) in [5, 5.41) is 0. The Morgan fingerprint density at radius 1 is 0.867 bits per heavy atom. The SMILES string of the molecule is C1CCC2(CC1)CO2.O=C1CCCCC1. The van der Waals surface area contributed by atoms with E-state index >= 15 is 0 Å². The highest BCUT2D eigenvalue weighted by molar-refractivity contribution is 5.78. The van der Waals surface area contributed by atoms with E-state index in [2.05, 4.69) is 0 Å². The molecule has 0 unspecified atom stereocenters. The van der Waals surface area contributed by atoms with Crippen LogP contribution in [0.15, 0.2) is 0 Å². The van der Waals surface area contributed by atoms with Crippen LogP contribution in [0.3, 0.4) is 0 Å². The molecule has 15 heavy (non-hydrogen) atoms. The second-order valence-electron chi connectivity index (χ2n) is 5.13. The molecule has 2 saturated carbocycles. The summed E-state index contributed by atoms with van der Waals surface area (Å²) in [5.41, 5.74) is 0.429. The molecule has 0 aromatic carbocycles. The van der Waals surface area contributed by atoms with Crippen molar-refractivity contribution in [1.82, 2.24) is 0 Å². The van der Waals surface area contributed by atoms with Crippen LogP contribution in [0.25, 0.3) is 0 Å². The number of ketones is 1. The van der Waals surface area contributed by atoms with Crippen LogP contribution < -0.4 is 0 Å². The zero-order valence-electron chi connectivity index (χ0n) is 9.59. The standard InChI is InChI=1S/C7H12O.C6H10O/c1-2-4-7(5-3-1)6-8-7;7-6-4-2-1-3-5-6/h1-6H2;1-5H2. The number of carbonyl (C=O) groups is 1. The van der Waals surface area contributed by atoms with Gasteiger partial charge in [0.05, 0.1) is 12.2 Å². The molecule has 2 heteroatoms.